The van der Waals surface area contributed by atoms with Crippen LogP contribution in [-0.4, -0.2) is 76.8 Å². The molecular formula is C15H26N4O3. The smallest absolute Gasteiger partial charge is 0.317 e. The van der Waals surface area contributed by atoms with E-state index in [2.05, 4.69) is 5.32 Å². The summed E-state index contributed by atoms with van der Waals surface area (Å²) < 4.78 is 0. The van der Waals surface area contributed by atoms with Gasteiger partial charge in [-0.3, -0.25) is 9.59 Å². The summed E-state index contributed by atoms with van der Waals surface area (Å²) in [7, 11) is 0. The molecule has 2 saturated heterocycles. The van der Waals surface area contributed by atoms with Gasteiger partial charge in [-0.15, -0.1) is 0 Å². The minimum Gasteiger partial charge on any atom is -0.339 e. The molecule has 2 aliphatic heterocycles. The van der Waals surface area contributed by atoms with E-state index in [4.69, 9.17) is 0 Å². The summed E-state index contributed by atoms with van der Waals surface area (Å²) in [4.78, 5) is 40.8. The maximum atomic E-state index is 12.3. The second kappa shape index (κ2) is 6.14. The van der Waals surface area contributed by atoms with Crippen molar-refractivity contribution in [3.8, 4) is 0 Å². The van der Waals surface area contributed by atoms with Crippen LogP contribution in [0.4, 0.5) is 4.79 Å². The van der Waals surface area contributed by atoms with E-state index in [1.54, 1.807) is 16.7 Å². The van der Waals surface area contributed by atoms with E-state index in [0.717, 1.165) is 0 Å². The van der Waals surface area contributed by atoms with Gasteiger partial charge in [0.25, 0.3) is 0 Å². The van der Waals surface area contributed by atoms with Crippen LogP contribution in [0.5, 0.6) is 0 Å². The molecule has 0 spiro atoms. The summed E-state index contributed by atoms with van der Waals surface area (Å²) in [5.74, 6) is 0.126. The molecular weight excluding hydrogens is 284 g/mol. The number of carbonyl (C=O) groups is 3. The molecule has 0 radical (unpaired) electrons. The van der Waals surface area contributed by atoms with Crippen LogP contribution in [-0.2, 0) is 9.59 Å². The molecule has 0 bridgehead atoms. The first kappa shape index (κ1) is 16.6. The Balaban J connectivity index is 1.84. The zero-order valence-corrected chi connectivity index (χ0v) is 13.9. The summed E-state index contributed by atoms with van der Waals surface area (Å²) in [6.07, 6.45) is 0.358. The van der Waals surface area contributed by atoms with Crippen molar-refractivity contribution >= 4 is 17.8 Å². The fourth-order valence-electron chi connectivity index (χ4n) is 2.94. The van der Waals surface area contributed by atoms with E-state index in [9.17, 15) is 14.4 Å². The molecule has 22 heavy (non-hydrogen) atoms. The molecule has 1 unspecified atom stereocenters. The van der Waals surface area contributed by atoms with Crippen LogP contribution in [0, 0.1) is 0 Å². The van der Waals surface area contributed by atoms with Gasteiger partial charge in [0.1, 0.15) is 0 Å². The van der Waals surface area contributed by atoms with Crippen LogP contribution in [0.1, 0.15) is 34.1 Å². The van der Waals surface area contributed by atoms with Gasteiger partial charge in [-0.25, -0.2) is 4.79 Å². The number of nitrogens with zero attached hydrogens (tertiary/aromatic N) is 3. The highest BCUT2D eigenvalue weighted by atomic mass is 16.2. The second-order valence-corrected chi connectivity index (χ2v) is 7.02. The monoisotopic (exact) mass is 310 g/mol. The van der Waals surface area contributed by atoms with Gasteiger partial charge in [0.2, 0.25) is 11.8 Å². The first-order valence-electron chi connectivity index (χ1n) is 7.80. The maximum Gasteiger partial charge on any atom is 0.317 e. The quantitative estimate of drug-likeness (QED) is 0.755. The highest BCUT2D eigenvalue weighted by Crippen LogP contribution is 2.22. The van der Waals surface area contributed by atoms with Crippen LogP contribution in [0.25, 0.3) is 0 Å². The van der Waals surface area contributed by atoms with Crippen LogP contribution in [0.3, 0.4) is 0 Å². The van der Waals surface area contributed by atoms with Crippen LogP contribution < -0.4 is 5.32 Å². The van der Waals surface area contributed by atoms with Gasteiger partial charge in [0.15, 0.2) is 0 Å². The first-order valence-corrected chi connectivity index (χ1v) is 7.80. The first-order chi connectivity index (χ1) is 10.2. The summed E-state index contributed by atoms with van der Waals surface area (Å²) in [6, 6.07) is -0.276. The lowest BCUT2D eigenvalue weighted by molar-refractivity contribution is -0.132. The SMILES string of the molecule is CC(=O)N1CCN(C(=O)NC2CC(=O)N(C(C)(C)C)C2)CC1. The molecule has 1 N–H and O–H groups in total. The fraction of sp³-hybridized carbons (Fsp3) is 0.800. The number of amides is 4. The maximum absolute atomic E-state index is 12.3. The Hall–Kier alpha value is -1.79. The molecule has 0 aromatic carbocycles. The van der Waals surface area contributed by atoms with Gasteiger partial charge in [0.05, 0.1) is 6.04 Å². The predicted molar refractivity (Wildman–Crippen MR) is 82.2 cm³/mol. The zero-order valence-electron chi connectivity index (χ0n) is 13.9. The largest absolute Gasteiger partial charge is 0.339 e. The molecule has 124 valence electrons. The number of rotatable bonds is 1. The molecule has 4 amide bonds. The van der Waals surface area contributed by atoms with E-state index in [1.807, 2.05) is 25.7 Å². The predicted octanol–water partition coefficient (Wildman–Crippen LogP) is 0.260. The lowest BCUT2D eigenvalue weighted by Gasteiger charge is -2.35. The lowest BCUT2D eigenvalue weighted by atomic mass is 10.1. The van der Waals surface area contributed by atoms with E-state index in [1.165, 1.54) is 0 Å². The van der Waals surface area contributed by atoms with Gasteiger partial charge < -0.3 is 20.0 Å². The third kappa shape index (κ3) is 3.69. The third-order valence-electron chi connectivity index (χ3n) is 4.27. The minimum atomic E-state index is -0.219. The number of likely N-dealkylation sites (tertiary alicyclic amines) is 1. The number of hydrogen-bond acceptors (Lipinski definition) is 3. The average Bonchev–Trinajstić information content (AvgIpc) is 2.79. The fourth-order valence-corrected chi connectivity index (χ4v) is 2.94. The van der Waals surface area contributed by atoms with Gasteiger partial charge in [0, 0.05) is 51.6 Å². The van der Waals surface area contributed by atoms with Crippen LogP contribution in [0.15, 0.2) is 0 Å². The van der Waals surface area contributed by atoms with E-state index in [-0.39, 0.29) is 29.4 Å². The van der Waals surface area contributed by atoms with Gasteiger partial charge >= 0.3 is 6.03 Å². The van der Waals surface area contributed by atoms with E-state index in [0.29, 0.717) is 39.1 Å². The van der Waals surface area contributed by atoms with Crippen molar-refractivity contribution in [1.29, 1.82) is 0 Å². The molecule has 1 atom stereocenters. The molecule has 2 heterocycles. The number of piperazine rings is 1. The Labute approximate surface area is 131 Å². The average molecular weight is 310 g/mol. The van der Waals surface area contributed by atoms with Crippen molar-refractivity contribution in [2.24, 2.45) is 0 Å². The Morgan fingerprint density at radius 1 is 1.09 bits per heavy atom. The number of nitrogens with one attached hydrogen (secondary N) is 1. The van der Waals surface area contributed by atoms with Gasteiger partial charge in [-0.1, -0.05) is 0 Å². The number of carbonyl (C=O) groups excluding carboxylic acids is 3. The Bertz CT molecular complexity index is 464. The zero-order chi connectivity index (χ0) is 16.5. The van der Waals surface area contributed by atoms with E-state index >= 15 is 0 Å². The van der Waals surface area contributed by atoms with Crippen LogP contribution in [0.2, 0.25) is 0 Å². The summed E-state index contributed by atoms with van der Waals surface area (Å²) in [5.41, 5.74) is -0.219. The van der Waals surface area contributed by atoms with Crippen LogP contribution >= 0.6 is 0 Å². The third-order valence-corrected chi connectivity index (χ3v) is 4.27. The Morgan fingerprint density at radius 2 is 1.64 bits per heavy atom. The highest BCUT2D eigenvalue weighted by molar-refractivity contribution is 5.82. The number of hydrogen-bond donors (Lipinski definition) is 1. The molecule has 7 heteroatoms. The van der Waals surface area contributed by atoms with Crippen molar-refractivity contribution in [2.45, 2.75) is 45.7 Å². The van der Waals surface area contributed by atoms with Crippen molar-refractivity contribution in [3.63, 3.8) is 0 Å². The number of urea groups is 1. The van der Waals surface area contributed by atoms with Gasteiger partial charge in [-0.05, 0) is 20.8 Å². The van der Waals surface area contributed by atoms with E-state index < -0.39 is 0 Å². The van der Waals surface area contributed by atoms with Gasteiger partial charge in [-0.2, -0.15) is 0 Å². The molecule has 0 aromatic heterocycles. The summed E-state index contributed by atoms with van der Waals surface area (Å²) in [6.45, 7) is 10.3. The second-order valence-electron chi connectivity index (χ2n) is 7.02. The van der Waals surface area contributed by atoms with Crippen molar-refractivity contribution in [3.05, 3.63) is 0 Å². The lowest BCUT2D eigenvalue weighted by Crippen LogP contribution is -2.54. The molecule has 2 aliphatic rings. The Morgan fingerprint density at radius 3 is 2.09 bits per heavy atom. The topological polar surface area (TPSA) is 73.0 Å². The molecule has 0 aliphatic carbocycles. The Kier molecular flexibility index (Phi) is 4.63. The molecule has 7 nitrogen and oxygen atoms in total. The standard InChI is InChI=1S/C15H26N4O3/c1-11(20)17-5-7-18(8-6-17)14(22)16-12-9-13(21)19(10-12)15(2,3)4/h12H,5-10H2,1-4H3,(H,16,22). The minimum absolute atomic E-state index is 0.0438. The van der Waals surface area contributed by atoms with Crippen molar-refractivity contribution in [1.82, 2.24) is 20.0 Å². The molecule has 0 saturated carbocycles. The van der Waals surface area contributed by atoms with Crippen molar-refractivity contribution in [2.75, 3.05) is 32.7 Å². The summed E-state index contributed by atoms with van der Waals surface area (Å²) >= 11 is 0. The highest BCUT2D eigenvalue weighted by Gasteiger charge is 2.37. The normalized spacial score (nSPS) is 23.0. The van der Waals surface area contributed by atoms with Crippen molar-refractivity contribution < 1.29 is 14.4 Å². The summed E-state index contributed by atoms with van der Waals surface area (Å²) in [5, 5.41) is 2.95. The molecule has 0 aromatic rings. The molecule has 2 rings (SSSR count). The molecule has 2 fully saturated rings.